The number of rotatable bonds is 4. The summed E-state index contributed by atoms with van der Waals surface area (Å²) >= 11 is 0. The molecule has 2 aliphatic heterocycles. The van der Waals surface area contributed by atoms with E-state index in [1.165, 1.54) is 0 Å². The number of carbonyl (C=O) groups excluding carboxylic acids is 1. The number of nitrogens with zero attached hydrogens (tertiary/aromatic N) is 3. The van der Waals surface area contributed by atoms with Gasteiger partial charge in [-0.1, -0.05) is 12.1 Å². The fraction of sp³-hybridized carbons (Fsp3) is 0.476. The molecule has 3 aliphatic rings. The lowest BCUT2D eigenvalue weighted by Gasteiger charge is -2.28. The van der Waals surface area contributed by atoms with Crippen LogP contribution in [-0.2, 0) is 0 Å². The summed E-state index contributed by atoms with van der Waals surface area (Å²) in [5.74, 6) is 3.17. The summed E-state index contributed by atoms with van der Waals surface area (Å²) < 4.78 is 5.29. The molecule has 1 aromatic heterocycles. The Balaban J connectivity index is 0.00000192. The average Bonchev–Trinajstić information content (AvgIpc) is 3.36. The van der Waals surface area contributed by atoms with Crippen molar-refractivity contribution in [1.29, 1.82) is 0 Å². The molecule has 0 unspecified atom stereocenters. The van der Waals surface area contributed by atoms with Crippen LogP contribution in [0, 0.1) is 11.8 Å². The van der Waals surface area contributed by atoms with Gasteiger partial charge in [-0.2, -0.15) is 0 Å². The second kappa shape index (κ2) is 7.68. The van der Waals surface area contributed by atoms with Gasteiger partial charge in [0.1, 0.15) is 11.6 Å². The third kappa shape index (κ3) is 3.35. The smallest absolute Gasteiger partial charge is 0.257 e. The molecule has 1 N–H and O–H groups in total. The summed E-state index contributed by atoms with van der Waals surface area (Å²) in [6.07, 6.45) is 5.74. The number of ether oxygens (including phenoxy) is 1. The maximum Gasteiger partial charge on any atom is 0.257 e. The standard InChI is InChI=1S/C21H24N4O2.ClH/c1-27-17-6-4-13(5-7-17)19-18-11-22-8-16(18)12-25(19)21(26)15-9-23-20(24-10-15)14-2-3-14;/h4-7,9-10,14,16,18-19,22H,2-3,8,11-12H2,1H3;1H/t16-,18-,19-;/m0./s1. The minimum absolute atomic E-state index is 0. The molecule has 3 fully saturated rings. The van der Waals surface area contributed by atoms with Gasteiger partial charge in [-0.15, -0.1) is 12.4 Å². The predicted molar refractivity (Wildman–Crippen MR) is 108 cm³/mol. The number of methoxy groups -OCH3 is 1. The zero-order chi connectivity index (χ0) is 18.4. The first kappa shape index (κ1) is 19.2. The average molecular weight is 401 g/mol. The van der Waals surface area contributed by atoms with Crippen LogP contribution in [0.15, 0.2) is 36.7 Å². The van der Waals surface area contributed by atoms with E-state index in [2.05, 4.69) is 27.4 Å². The highest BCUT2D eigenvalue weighted by atomic mass is 35.5. The molecule has 3 heterocycles. The Labute approximate surface area is 171 Å². The molecule has 28 heavy (non-hydrogen) atoms. The van der Waals surface area contributed by atoms with Crippen molar-refractivity contribution in [3.05, 3.63) is 53.6 Å². The largest absolute Gasteiger partial charge is 0.497 e. The molecular formula is C21H25ClN4O2. The summed E-state index contributed by atoms with van der Waals surface area (Å²) in [6.45, 7) is 2.69. The predicted octanol–water partition coefficient (Wildman–Crippen LogP) is 2.82. The van der Waals surface area contributed by atoms with Gasteiger partial charge in [-0.25, -0.2) is 9.97 Å². The lowest BCUT2D eigenvalue weighted by Crippen LogP contribution is -2.34. The van der Waals surface area contributed by atoms with Crippen molar-refractivity contribution in [3.8, 4) is 5.75 Å². The molecular weight excluding hydrogens is 376 g/mol. The number of nitrogens with one attached hydrogen (secondary N) is 1. The molecule has 2 saturated heterocycles. The molecule has 0 spiro atoms. The lowest BCUT2D eigenvalue weighted by molar-refractivity contribution is 0.0713. The fourth-order valence-electron chi connectivity index (χ4n) is 4.52. The molecule has 7 heteroatoms. The lowest BCUT2D eigenvalue weighted by atomic mass is 9.89. The summed E-state index contributed by atoms with van der Waals surface area (Å²) in [5.41, 5.74) is 1.75. The number of benzene rings is 1. The molecule has 1 aromatic carbocycles. The number of carbonyl (C=O) groups is 1. The normalized spacial score (nSPS) is 25.9. The molecule has 0 radical (unpaired) electrons. The number of fused-ring (bicyclic) bond motifs is 1. The van der Waals surface area contributed by atoms with Crippen LogP contribution in [0.2, 0.25) is 0 Å². The van der Waals surface area contributed by atoms with Gasteiger partial charge >= 0.3 is 0 Å². The molecule has 1 amide bonds. The van der Waals surface area contributed by atoms with E-state index in [9.17, 15) is 4.79 Å². The molecule has 1 saturated carbocycles. The van der Waals surface area contributed by atoms with E-state index in [0.717, 1.165) is 49.6 Å². The Morgan fingerprint density at radius 2 is 1.86 bits per heavy atom. The maximum absolute atomic E-state index is 13.3. The number of hydrogen-bond acceptors (Lipinski definition) is 5. The SMILES string of the molecule is COc1ccc([C@H]2[C@H]3CNC[C@H]3CN2C(=O)c2cnc(C3CC3)nc2)cc1.Cl. The van der Waals surface area contributed by atoms with Gasteiger partial charge in [0.25, 0.3) is 5.91 Å². The van der Waals surface area contributed by atoms with Gasteiger partial charge < -0.3 is 15.0 Å². The summed E-state index contributed by atoms with van der Waals surface area (Å²) in [7, 11) is 1.67. The highest BCUT2D eigenvalue weighted by Gasteiger charge is 2.47. The monoisotopic (exact) mass is 400 g/mol. The van der Waals surface area contributed by atoms with Crippen LogP contribution in [0.25, 0.3) is 0 Å². The van der Waals surface area contributed by atoms with Crippen LogP contribution < -0.4 is 10.1 Å². The van der Waals surface area contributed by atoms with E-state index >= 15 is 0 Å². The zero-order valence-electron chi connectivity index (χ0n) is 15.9. The van der Waals surface area contributed by atoms with Crippen LogP contribution in [0.4, 0.5) is 0 Å². The quantitative estimate of drug-likeness (QED) is 0.854. The fourth-order valence-corrected chi connectivity index (χ4v) is 4.52. The number of halogens is 1. The number of amides is 1. The van der Waals surface area contributed by atoms with Gasteiger partial charge in [0, 0.05) is 43.9 Å². The van der Waals surface area contributed by atoms with E-state index in [4.69, 9.17) is 4.74 Å². The summed E-state index contributed by atoms with van der Waals surface area (Å²) in [6, 6.07) is 8.18. The van der Waals surface area contributed by atoms with Crippen molar-refractivity contribution >= 4 is 18.3 Å². The Kier molecular flexibility index (Phi) is 5.25. The molecule has 6 nitrogen and oxygen atoms in total. The van der Waals surface area contributed by atoms with E-state index < -0.39 is 0 Å². The Morgan fingerprint density at radius 3 is 2.50 bits per heavy atom. The first-order chi connectivity index (χ1) is 13.2. The maximum atomic E-state index is 13.3. The van der Waals surface area contributed by atoms with E-state index in [1.807, 2.05) is 17.0 Å². The zero-order valence-corrected chi connectivity index (χ0v) is 16.7. The van der Waals surface area contributed by atoms with Gasteiger partial charge in [0.05, 0.1) is 18.7 Å². The topological polar surface area (TPSA) is 67.3 Å². The van der Waals surface area contributed by atoms with Crippen molar-refractivity contribution < 1.29 is 9.53 Å². The van der Waals surface area contributed by atoms with Crippen LogP contribution in [0.1, 0.15) is 46.5 Å². The van der Waals surface area contributed by atoms with Crippen LogP contribution >= 0.6 is 12.4 Å². The Hall–Kier alpha value is -2.18. The van der Waals surface area contributed by atoms with E-state index in [1.54, 1.807) is 19.5 Å². The second-order valence-electron chi connectivity index (χ2n) is 7.86. The van der Waals surface area contributed by atoms with Crippen LogP contribution in [0.5, 0.6) is 5.75 Å². The van der Waals surface area contributed by atoms with Gasteiger partial charge in [-0.3, -0.25) is 4.79 Å². The van der Waals surface area contributed by atoms with Crippen LogP contribution in [0.3, 0.4) is 0 Å². The van der Waals surface area contributed by atoms with Gasteiger partial charge in [0.2, 0.25) is 0 Å². The van der Waals surface area contributed by atoms with Crippen molar-refractivity contribution in [2.75, 3.05) is 26.7 Å². The molecule has 3 atom stereocenters. The van der Waals surface area contributed by atoms with Gasteiger partial charge in [0.15, 0.2) is 0 Å². The van der Waals surface area contributed by atoms with Crippen molar-refractivity contribution in [2.45, 2.75) is 24.8 Å². The summed E-state index contributed by atoms with van der Waals surface area (Å²) in [5, 5.41) is 3.49. The highest BCUT2D eigenvalue weighted by Crippen LogP contribution is 2.43. The van der Waals surface area contributed by atoms with Crippen molar-refractivity contribution in [1.82, 2.24) is 20.2 Å². The second-order valence-corrected chi connectivity index (χ2v) is 7.86. The number of aromatic nitrogens is 2. The molecule has 5 rings (SSSR count). The minimum Gasteiger partial charge on any atom is -0.497 e. The van der Waals surface area contributed by atoms with Crippen molar-refractivity contribution in [3.63, 3.8) is 0 Å². The first-order valence-corrected chi connectivity index (χ1v) is 9.72. The Bertz CT molecular complexity index is 838. The number of likely N-dealkylation sites (tertiary alicyclic amines) is 1. The van der Waals surface area contributed by atoms with E-state index in [-0.39, 0.29) is 24.4 Å². The third-order valence-corrected chi connectivity index (χ3v) is 6.14. The Morgan fingerprint density at radius 1 is 1.14 bits per heavy atom. The van der Waals surface area contributed by atoms with Crippen LogP contribution in [-0.4, -0.2) is 47.5 Å². The highest BCUT2D eigenvalue weighted by molar-refractivity contribution is 5.94. The molecule has 0 bridgehead atoms. The van der Waals surface area contributed by atoms with Crippen molar-refractivity contribution in [2.24, 2.45) is 11.8 Å². The molecule has 2 aromatic rings. The minimum atomic E-state index is 0. The van der Waals surface area contributed by atoms with E-state index in [0.29, 0.717) is 23.3 Å². The summed E-state index contributed by atoms with van der Waals surface area (Å²) in [4.78, 5) is 24.2. The number of hydrogen-bond donors (Lipinski definition) is 1. The third-order valence-electron chi connectivity index (χ3n) is 6.14. The molecule has 1 aliphatic carbocycles. The molecule has 148 valence electrons. The van der Waals surface area contributed by atoms with Gasteiger partial charge in [-0.05, 0) is 36.5 Å². The first-order valence-electron chi connectivity index (χ1n) is 9.72.